The van der Waals surface area contributed by atoms with Crippen molar-refractivity contribution in [3.63, 3.8) is 0 Å². The number of nitrogens with one attached hydrogen (secondary N) is 1. The summed E-state index contributed by atoms with van der Waals surface area (Å²) in [5.41, 5.74) is 7.27. The van der Waals surface area contributed by atoms with E-state index in [0.29, 0.717) is 6.04 Å². The molecule has 116 valence electrons. The molecule has 0 saturated heterocycles. The molecule has 0 radical (unpaired) electrons. The molecule has 2 fully saturated rings. The first kappa shape index (κ1) is 16.3. The van der Waals surface area contributed by atoms with Crippen LogP contribution in [-0.2, 0) is 4.79 Å². The summed E-state index contributed by atoms with van der Waals surface area (Å²) in [5.74, 6) is 1.39. The van der Waals surface area contributed by atoms with E-state index in [1.54, 1.807) is 0 Å². The Morgan fingerprint density at radius 2 is 1.67 bits per heavy atom. The van der Waals surface area contributed by atoms with Gasteiger partial charge in [0.25, 0.3) is 0 Å². The van der Waals surface area contributed by atoms with Gasteiger partial charge in [-0.1, -0.05) is 37.3 Å². The van der Waals surface area contributed by atoms with Crippen LogP contribution in [0.15, 0.2) is 30.3 Å². The van der Waals surface area contributed by atoms with E-state index in [9.17, 15) is 4.79 Å². The minimum absolute atomic E-state index is 0. The van der Waals surface area contributed by atoms with Gasteiger partial charge < -0.3 is 11.1 Å². The highest BCUT2D eigenvalue weighted by Crippen LogP contribution is 2.44. The third-order valence-electron chi connectivity index (χ3n) is 4.71. The Bertz CT molecular complexity index is 459. The lowest BCUT2D eigenvalue weighted by atomic mass is 9.94. The standard InChI is InChI=1S/C17H24N2O.ClH/c1-11(15(18)12-5-3-2-4-6-12)17(20)19-16(13-7-8-13)14-9-10-14;/h2-6,11,13-16H,7-10,18H2,1H3,(H,19,20);1H. The Morgan fingerprint density at radius 1 is 1.14 bits per heavy atom. The first-order valence-electron chi connectivity index (χ1n) is 7.77. The van der Waals surface area contributed by atoms with Gasteiger partial charge in [-0.3, -0.25) is 4.79 Å². The first-order chi connectivity index (χ1) is 9.66. The predicted octanol–water partition coefficient (Wildman–Crippen LogP) is 3.05. The van der Waals surface area contributed by atoms with E-state index >= 15 is 0 Å². The number of nitrogens with two attached hydrogens (primary N) is 1. The molecule has 2 aliphatic rings. The number of carbonyl (C=O) groups is 1. The summed E-state index contributed by atoms with van der Waals surface area (Å²) in [5, 5.41) is 3.27. The fourth-order valence-corrected chi connectivity index (χ4v) is 2.95. The van der Waals surface area contributed by atoms with E-state index in [1.165, 1.54) is 25.7 Å². The summed E-state index contributed by atoms with van der Waals surface area (Å²) in [4.78, 5) is 12.4. The van der Waals surface area contributed by atoms with Crippen LogP contribution in [0.1, 0.15) is 44.2 Å². The lowest BCUT2D eigenvalue weighted by Gasteiger charge is -2.24. The van der Waals surface area contributed by atoms with E-state index in [2.05, 4.69) is 5.32 Å². The van der Waals surface area contributed by atoms with Gasteiger partial charge in [0.05, 0.1) is 5.92 Å². The number of benzene rings is 1. The van der Waals surface area contributed by atoms with Crippen LogP contribution in [0, 0.1) is 17.8 Å². The SMILES string of the molecule is CC(C(=O)NC(C1CC1)C1CC1)C(N)c1ccccc1.Cl. The zero-order valence-corrected chi connectivity index (χ0v) is 13.3. The molecule has 0 aromatic heterocycles. The van der Waals surface area contributed by atoms with Crippen molar-refractivity contribution in [3.8, 4) is 0 Å². The largest absolute Gasteiger partial charge is 0.353 e. The zero-order valence-electron chi connectivity index (χ0n) is 12.5. The quantitative estimate of drug-likeness (QED) is 0.848. The second-order valence-corrected chi connectivity index (χ2v) is 6.43. The minimum atomic E-state index is -0.227. The molecule has 0 aliphatic heterocycles. The number of carbonyl (C=O) groups excluding carboxylic acids is 1. The summed E-state index contributed by atoms with van der Waals surface area (Å²) < 4.78 is 0. The smallest absolute Gasteiger partial charge is 0.224 e. The van der Waals surface area contributed by atoms with Crippen LogP contribution < -0.4 is 11.1 Å². The van der Waals surface area contributed by atoms with Crippen molar-refractivity contribution >= 4 is 18.3 Å². The maximum Gasteiger partial charge on any atom is 0.224 e. The van der Waals surface area contributed by atoms with Crippen molar-refractivity contribution in [2.75, 3.05) is 0 Å². The van der Waals surface area contributed by atoms with Crippen molar-refractivity contribution in [3.05, 3.63) is 35.9 Å². The number of hydrogen-bond donors (Lipinski definition) is 2. The summed E-state index contributed by atoms with van der Waals surface area (Å²) in [6.45, 7) is 1.93. The maximum atomic E-state index is 12.4. The molecule has 1 amide bonds. The van der Waals surface area contributed by atoms with Crippen LogP contribution in [0.25, 0.3) is 0 Å². The van der Waals surface area contributed by atoms with Crippen LogP contribution in [0.5, 0.6) is 0 Å². The molecule has 21 heavy (non-hydrogen) atoms. The average Bonchev–Trinajstić information content (AvgIpc) is 3.36. The second kappa shape index (κ2) is 6.80. The molecule has 2 unspecified atom stereocenters. The van der Waals surface area contributed by atoms with Crippen molar-refractivity contribution in [2.24, 2.45) is 23.5 Å². The molecular weight excluding hydrogens is 284 g/mol. The molecule has 2 saturated carbocycles. The number of amides is 1. The average molecular weight is 309 g/mol. The fraction of sp³-hybridized carbons (Fsp3) is 0.588. The molecule has 0 bridgehead atoms. The first-order valence-corrected chi connectivity index (χ1v) is 7.77. The van der Waals surface area contributed by atoms with E-state index in [0.717, 1.165) is 17.4 Å². The van der Waals surface area contributed by atoms with Crippen molar-refractivity contribution < 1.29 is 4.79 Å². The van der Waals surface area contributed by atoms with Crippen LogP contribution >= 0.6 is 12.4 Å². The van der Waals surface area contributed by atoms with Crippen molar-refractivity contribution in [1.82, 2.24) is 5.32 Å². The van der Waals surface area contributed by atoms with Crippen molar-refractivity contribution in [2.45, 2.75) is 44.7 Å². The van der Waals surface area contributed by atoms with Gasteiger partial charge in [-0.25, -0.2) is 0 Å². The number of halogens is 1. The molecule has 3 N–H and O–H groups in total. The van der Waals surface area contributed by atoms with Gasteiger partial charge in [0.2, 0.25) is 5.91 Å². The zero-order chi connectivity index (χ0) is 14.1. The van der Waals surface area contributed by atoms with Crippen LogP contribution in [0.4, 0.5) is 0 Å². The molecule has 4 heteroatoms. The third-order valence-corrected chi connectivity index (χ3v) is 4.71. The van der Waals surface area contributed by atoms with E-state index in [-0.39, 0.29) is 30.3 Å². The van der Waals surface area contributed by atoms with Gasteiger partial charge in [0.1, 0.15) is 0 Å². The Hall–Kier alpha value is -1.06. The highest BCUT2D eigenvalue weighted by atomic mass is 35.5. The summed E-state index contributed by atoms with van der Waals surface area (Å²) >= 11 is 0. The molecule has 2 aliphatic carbocycles. The Balaban J connectivity index is 0.00000161. The van der Waals surface area contributed by atoms with Gasteiger partial charge in [0, 0.05) is 12.1 Å². The van der Waals surface area contributed by atoms with Gasteiger partial charge in [-0.2, -0.15) is 0 Å². The topological polar surface area (TPSA) is 55.1 Å². The van der Waals surface area contributed by atoms with Crippen molar-refractivity contribution in [1.29, 1.82) is 0 Å². The third kappa shape index (κ3) is 3.98. The Labute approximate surface area is 133 Å². The van der Waals surface area contributed by atoms with Gasteiger partial charge >= 0.3 is 0 Å². The van der Waals surface area contributed by atoms with Gasteiger partial charge in [-0.05, 0) is 43.1 Å². The minimum Gasteiger partial charge on any atom is -0.353 e. The summed E-state index contributed by atoms with van der Waals surface area (Å²) in [6.07, 6.45) is 5.11. The number of hydrogen-bond acceptors (Lipinski definition) is 2. The lowest BCUT2D eigenvalue weighted by Crippen LogP contribution is -2.43. The van der Waals surface area contributed by atoms with Gasteiger partial charge in [0.15, 0.2) is 0 Å². The number of rotatable bonds is 6. The molecule has 2 atom stereocenters. The predicted molar refractivity (Wildman–Crippen MR) is 87.2 cm³/mol. The van der Waals surface area contributed by atoms with Gasteiger partial charge in [-0.15, -0.1) is 12.4 Å². The maximum absolute atomic E-state index is 12.4. The molecule has 3 rings (SSSR count). The van der Waals surface area contributed by atoms with Crippen LogP contribution in [0.2, 0.25) is 0 Å². The van der Waals surface area contributed by atoms with E-state index in [1.807, 2.05) is 37.3 Å². The second-order valence-electron chi connectivity index (χ2n) is 6.43. The highest BCUT2D eigenvalue weighted by Gasteiger charge is 2.42. The molecular formula is C17H25ClN2O. The normalized spacial score (nSPS) is 20.5. The summed E-state index contributed by atoms with van der Waals surface area (Å²) in [6, 6.07) is 10.1. The monoisotopic (exact) mass is 308 g/mol. The highest BCUT2D eigenvalue weighted by molar-refractivity contribution is 5.85. The summed E-state index contributed by atoms with van der Waals surface area (Å²) in [7, 11) is 0. The Morgan fingerprint density at radius 3 is 2.14 bits per heavy atom. The Kier molecular flexibility index (Phi) is 5.28. The molecule has 1 aromatic rings. The van der Waals surface area contributed by atoms with E-state index in [4.69, 9.17) is 5.73 Å². The fourth-order valence-electron chi connectivity index (χ4n) is 2.95. The van der Waals surface area contributed by atoms with E-state index < -0.39 is 0 Å². The molecule has 1 aromatic carbocycles. The van der Waals surface area contributed by atoms with Crippen LogP contribution in [-0.4, -0.2) is 11.9 Å². The molecule has 0 spiro atoms. The lowest BCUT2D eigenvalue weighted by molar-refractivity contribution is -0.126. The van der Waals surface area contributed by atoms with Crippen LogP contribution in [0.3, 0.4) is 0 Å². The molecule has 0 heterocycles. The molecule has 3 nitrogen and oxygen atoms in total.